The van der Waals surface area contributed by atoms with Crippen LogP contribution in [-0.4, -0.2) is 73.7 Å². The molecule has 0 aliphatic carbocycles. The van der Waals surface area contributed by atoms with Crippen LogP contribution in [0.25, 0.3) is 0 Å². The van der Waals surface area contributed by atoms with Crippen molar-refractivity contribution in [2.75, 3.05) is 20.8 Å². The zero-order chi connectivity index (χ0) is 29.8. The van der Waals surface area contributed by atoms with E-state index >= 15 is 0 Å². The van der Waals surface area contributed by atoms with Gasteiger partial charge in [0, 0.05) is 12.7 Å². The van der Waals surface area contributed by atoms with Crippen LogP contribution < -0.4 is 4.74 Å². The van der Waals surface area contributed by atoms with Crippen LogP contribution in [0, 0.1) is 11.5 Å². The SMILES string of the molecule is COc1ccc(Cc2ccc(C#C[Si](C(C)C)(C(C)C)C(C)C)cc2)cc1C1(OC)O[C@H](CO)[C@@H](O)[C@H](O)[C@H]1O. The van der Waals surface area contributed by atoms with Gasteiger partial charge in [0.05, 0.1) is 19.3 Å². The van der Waals surface area contributed by atoms with E-state index in [1.165, 1.54) is 14.2 Å². The van der Waals surface area contributed by atoms with Crippen molar-refractivity contribution in [2.45, 2.75) is 94.8 Å². The summed E-state index contributed by atoms with van der Waals surface area (Å²) in [6.07, 6.45) is -5.29. The lowest BCUT2D eigenvalue weighted by Gasteiger charge is -2.47. The maximum Gasteiger partial charge on any atom is 0.228 e. The van der Waals surface area contributed by atoms with E-state index in [0.717, 1.165) is 16.7 Å². The molecule has 1 heterocycles. The molecule has 1 fully saturated rings. The summed E-state index contributed by atoms with van der Waals surface area (Å²) in [6.45, 7) is 13.3. The highest BCUT2D eigenvalue weighted by Gasteiger charge is 2.56. The minimum Gasteiger partial charge on any atom is -0.496 e. The molecule has 1 aliphatic heterocycles. The Balaban J connectivity index is 1.93. The molecule has 8 heteroatoms. The molecule has 0 spiro atoms. The molecule has 40 heavy (non-hydrogen) atoms. The maximum absolute atomic E-state index is 11.0. The van der Waals surface area contributed by atoms with Crippen molar-refractivity contribution in [3.63, 3.8) is 0 Å². The Hall–Kier alpha value is -2.22. The van der Waals surface area contributed by atoms with Crippen LogP contribution >= 0.6 is 0 Å². The first-order valence-corrected chi connectivity index (χ1v) is 16.3. The molecular weight excluding hydrogens is 524 g/mol. The first kappa shape index (κ1) is 32.3. The highest BCUT2D eigenvalue weighted by atomic mass is 28.3. The molecule has 2 aromatic rings. The van der Waals surface area contributed by atoms with Crippen molar-refractivity contribution in [1.29, 1.82) is 0 Å². The monoisotopic (exact) mass is 570 g/mol. The molecule has 1 aliphatic rings. The number of ether oxygens (including phenoxy) is 3. The predicted molar refractivity (Wildman–Crippen MR) is 159 cm³/mol. The molecule has 7 nitrogen and oxygen atoms in total. The minimum atomic E-state index is -1.85. The van der Waals surface area contributed by atoms with Crippen molar-refractivity contribution in [3.8, 4) is 17.2 Å². The predicted octanol–water partition coefficient (Wildman–Crippen LogP) is 4.13. The second kappa shape index (κ2) is 13.2. The molecule has 220 valence electrons. The summed E-state index contributed by atoms with van der Waals surface area (Å²) in [7, 11) is 1.01. The van der Waals surface area contributed by atoms with Crippen LogP contribution in [0.5, 0.6) is 5.75 Å². The number of hydrogen-bond donors (Lipinski definition) is 4. The zero-order valence-corrected chi connectivity index (χ0v) is 26.0. The van der Waals surface area contributed by atoms with Gasteiger partial charge in [-0.15, -0.1) is 5.54 Å². The molecule has 0 aromatic heterocycles. The first-order valence-electron chi connectivity index (χ1n) is 14.0. The second-order valence-corrected chi connectivity index (χ2v) is 17.3. The Kier molecular flexibility index (Phi) is 10.6. The fraction of sp³-hybridized carbons (Fsp3) is 0.562. The average molecular weight is 571 g/mol. The van der Waals surface area contributed by atoms with E-state index in [4.69, 9.17) is 14.2 Å². The summed E-state index contributed by atoms with van der Waals surface area (Å²) >= 11 is 0. The van der Waals surface area contributed by atoms with Crippen molar-refractivity contribution in [2.24, 2.45) is 0 Å². The number of methoxy groups -OCH3 is 2. The number of benzene rings is 2. The smallest absolute Gasteiger partial charge is 0.228 e. The third-order valence-corrected chi connectivity index (χ3v) is 14.8. The minimum absolute atomic E-state index is 0.353. The van der Waals surface area contributed by atoms with E-state index in [1.807, 2.05) is 6.07 Å². The Labute approximate surface area is 240 Å². The van der Waals surface area contributed by atoms with Gasteiger partial charge in [-0.05, 0) is 58.4 Å². The van der Waals surface area contributed by atoms with Crippen LogP contribution in [0.4, 0.5) is 0 Å². The van der Waals surface area contributed by atoms with Crippen LogP contribution in [0.2, 0.25) is 16.6 Å². The molecule has 3 rings (SSSR count). The highest BCUT2D eigenvalue weighted by molar-refractivity contribution is 6.90. The van der Waals surface area contributed by atoms with Crippen molar-refractivity contribution in [3.05, 3.63) is 64.7 Å². The van der Waals surface area contributed by atoms with E-state index in [2.05, 4.69) is 77.3 Å². The van der Waals surface area contributed by atoms with Gasteiger partial charge in [0.1, 0.15) is 38.2 Å². The highest BCUT2D eigenvalue weighted by Crippen LogP contribution is 2.44. The van der Waals surface area contributed by atoms with Gasteiger partial charge in [-0.1, -0.05) is 65.7 Å². The number of aliphatic hydroxyl groups is 4. The van der Waals surface area contributed by atoms with E-state index < -0.39 is 44.9 Å². The van der Waals surface area contributed by atoms with Crippen molar-refractivity contribution in [1.82, 2.24) is 0 Å². The lowest BCUT2D eigenvalue weighted by Crippen LogP contribution is -2.64. The first-order chi connectivity index (χ1) is 18.9. The molecule has 5 atom stereocenters. The summed E-state index contributed by atoms with van der Waals surface area (Å²) in [5.74, 6) is 2.02. The van der Waals surface area contributed by atoms with Gasteiger partial charge >= 0.3 is 0 Å². The summed E-state index contributed by atoms with van der Waals surface area (Å²) < 4.78 is 17.1. The lowest BCUT2D eigenvalue weighted by atomic mass is 9.86. The van der Waals surface area contributed by atoms with Crippen molar-refractivity contribution >= 4 is 8.07 Å². The van der Waals surface area contributed by atoms with Crippen LogP contribution in [0.15, 0.2) is 42.5 Å². The Morgan fingerprint density at radius 2 is 1.45 bits per heavy atom. The topological polar surface area (TPSA) is 109 Å². The normalized spacial score (nSPS) is 25.3. The third kappa shape index (κ3) is 6.02. The number of aliphatic hydroxyl groups excluding tert-OH is 4. The van der Waals surface area contributed by atoms with E-state index in [9.17, 15) is 20.4 Å². The Bertz CT molecular complexity index is 1160. The van der Waals surface area contributed by atoms with Gasteiger partial charge in [-0.3, -0.25) is 0 Å². The average Bonchev–Trinajstić information content (AvgIpc) is 2.93. The van der Waals surface area contributed by atoms with Gasteiger partial charge < -0.3 is 34.6 Å². The summed E-state index contributed by atoms with van der Waals surface area (Å²) in [5, 5.41) is 41.5. The molecule has 0 radical (unpaired) electrons. The number of rotatable bonds is 9. The summed E-state index contributed by atoms with van der Waals surface area (Å²) in [4.78, 5) is 0. The zero-order valence-electron chi connectivity index (χ0n) is 25.0. The fourth-order valence-electron chi connectivity index (χ4n) is 6.34. The molecular formula is C32H46O7Si. The molecule has 0 amide bonds. The second-order valence-electron chi connectivity index (χ2n) is 11.7. The molecule has 4 N–H and O–H groups in total. The summed E-state index contributed by atoms with van der Waals surface area (Å²) in [6, 6.07) is 13.7. The summed E-state index contributed by atoms with van der Waals surface area (Å²) in [5.41, 5.74) is 8.81. The quantitative estimate of drug-likeness (QED) is 0.265. The maximum atomic E-state index is 11.0. The van der Waals surface area contributed by atoms with Gasteiger partial charge in [-0.25, -0.2) is 0 Å². The van der Waals surface area contributed by atoms with Gasteiger partial charge in [0.15, 0.2) is 0 Å². The largest absolute Gasteiger partial charge is 0.496 e. The van der Waals surface area contributed by atoms with E-state index in [1.54, 1.807) is 12.1 Å². The molecule has 0 saturated carbocycles. The standard InChI is InChI=1S/C32H46O7Si/c1-20(2)40(21(3)4,22(5)6)16-15-23-9-11-24(12-10-23)17-25-13-14-27(37-7)26(18-25)32(38-8)31(36)30(35)29(34)28(19-33)39-32/h9-14,18,20-22,28-31,33-36H,17,19H2,1-8H3/t28-,29-,30+,31-,32?/m1/s1. The Morgan fingerprint density at radius 1 is 0.875 bits per heavy atom. The van der Waals surface area contributed by atoms with Crippen LogP contribution in [0.3, 0.4) is 0 Å². The Morgan fingerprint density at radius 3 is 1.95 bits per heavy atom. The van der Waals surface area contributed by atoms with Gasteiger partial charge in [-0.2, -0.15) is 0 Å². The van der Waals surface area contributed by atoms with Gasteiger partial charge in [0.2, 0.25) is 5.79 Å². The fourth-order valence-corrected chi connectivity index (χ4v) is 11.6. The molecule has 1 unspecified atom stereocenters. The lowest BCUT2D eigenvalue weighted by molar-refractivity contribution is -0.366. The van der Waals surface area contributed by atoms with Crippen LogP contribution in [0.1, 0.15) is 63.8 Å². The number of hydrogen-bond acceptors (Lipinski definition) is 7. The van der Waals surface area contributed by atoms with Crippen LogP contribution in [-0.2, 0) is 21.7 Å². The van der Waals surface area contributed by atoms with E-state index in [0.29, 0.717) is 34.4 Å². The molecule has 1 saturated heterocycles. The third-order valence-electron chi connectivity index (χ3n) is 8.54. The molecule has 2 aromatic carbocycles. The van der Waals surface area contributed by atoms with Gasteiger partial charge in [0.25, 0.3) is 0 Å². The van der Waals surface area contributed by atoms with E-state index in [-0.39, 0.29) is 0 Å². The molecule has 0 bridgehead atoms. The van der Waals surface area contributed by atoms with Crippen molar-refractivity contribution < 1.29 is 34.6 Å².